The molecule has 3 nitrogen and oxygen atoms in total. The lowest BCUT2D eigenvalue weighted by atomic mass is 9.95. The summed E-state index contributed by atoms with van der Waals surface area (Å²) in [6, 6.07) is 0.421. The van der Waals surface area contributed by atoms with Gasteiger partial charge in [-0.1, -0.05) is 20.8 Å². The summed E-state index contributed by atoms with van der Waals surface area (Å²) in [5.74, 6) is 0.785. The van der Waals surface area contributed by atoms with Gasteiger partial charge in [-0.3, -0.25) is 4.99 Å². The molecular weight excluding hydrogens is 162 g/mol. The smallest absolute Gasteiger partial charge is 0.0995 e. The molecule has 0 amide bonds. The third kappa shape index (κ3) is 2.99. The number of likely N-dealkylation sites (tertiary alicyclic amines) is 1. The monoisotopic (exact) mass is 183 g/mol. The van der Waals surface area contributed by atoms with E-state index in [9.17, 15) is 0 Å². The second-order valence-electron chi connectivity index (χ2n) is 4.97. The van der Waals surface area contributed by atoms with Crippen LogP contribution >= 0.6 is 0 Å². The van der Waals surface area contributed by atoms with Crippen LogP contribution in [0.1, 0.15) is 27.2 Å². The summed E-state index contributed by atoms with van der Waals surface area (Å²) < 4.78 is 0. The Kier molecular flexibility index (Phi) is 2.96. The first-order valence-corrected chi connectivity index (χ1v) is 4.92. The minimum Gasteiger partial charge on any atom is -0.387 e. The highest BCUT2D eigenvalue weighted by Gasteiger charge is 2.22. The Morgan fingerprint density at radius 1 is 1.46 bits per heavy atom. The zero-order chi connectivity index (χ0) is 10.1. The largest absolute Gasteiger partial charge is 0.387 e. The van der Waals surface area contributed by atoms with Gasteiger partial charge in [0.15, 0.2) is 0 Å². The van der Waals surface area contributed by atoms with Gasteiger partial charge in [0.25, 0.3) is 0 Å². The van der Waals surface area contributed by atoms with Crippen LogP contribution < -0.4 is 5.73 Å². The molecule has 1 aliphatic rings. The Labute approximate surface area is 81.0 Å². The zero-order valence-electron chi connectivity index (χ0n) is 9.17. The van der Waals surface area contributed by atoms with Crippen LogP contribution in [0.3, 0.4) is 0 Å². The van der Waals surface area contributed by atoms with Crippen molar-refractivity contribution < 1.29 is 0 Å². The van der Waals surface area contributed by atoms with Gasteiger partial charge in [-0.25, -0.2) is 0 Å². The van der Waals surface area contributed by atoms with Crippen molar-refractivity contribution >= 4 is 5.84 Å². The number of nitrogens with two attached hydrogens (primary N) is 1. The number of nitrogens with zero attached hydrogens (tertiary/aromatic N) is 2. The molecule has 1 atom stereocenters. The molecule has 1 fully saturated rings. The fraction of sp³-hybridized carbons (Fsp3) is 0.900. The molecule has 2 N–H and O–H groups in total. The molecule has 1 heterocycles. The van der Waals surface area contributed by atoms with Gasteiger partial charge in [-0.2, -0.15) is 0 Å². The summed E-state index contributed by atoms with van der Waals surface area (Å²) in [4.78, 5) is 6.85. The number of hydrogen-bond acceptors (Lipinski definition) is 2. The summed E-state index contributed by atoms with van der Waals surface area (Å²) in [5.41, 5.74) is 5.92. The van der Waals surface area contributed by atoms with Gasteiger partial charge in [-0.05, 0) is 20.0 Å². The van der Waals surface area contributed by atoms with Gasteiger partial charge in [0.2, 0.25) is 0 Å². The summed E-state index contributed by atoms with van der Waals surface area (Å²) >= 11 is 0. The minimum absolute atomic E-state index is 0.0150. The van der Waals surface area contributed by atoms with Crippen molar-refractivity contribution in [3.05, 3.63) is 0 Å². The van der Waals surface area contributed by atoms with Crippen LogP contribution in [0.4, 0.5) is 0 Å². The first kappa shape index (κ1) is 10.5. The minimum atomic E-state index is 0.0150. The number of hydrogen-bond donors (Lipinski definition) is 1. The quantitative estimate of drug-likeness (QED) is 0.488. The van der Waals surface area contributed by atoms with Crippen molar-refractivity contribution in [3.8, 4) is 0 Å². The molecule has 0 saturated carbocycles. The molecule has 76 valence electrons. The highest BCUT2D eigenvalue weighted by atomic mass is 15.1. The lowest BCUT2D eigenvalue weighted by Crippen LogP contribution is -2.31. The van der Waals surface area contributed by atoms with E-state index in [2.05, 4.69) is 37.7 Å². The van der Waals surface area contributed by atoms with E-state index in [4.69, 9.17) is 5.73 Å². The maximum Gasteiger partial charge on any atom is 0.0995 e. The molecule has 0 aromatic rings. The van der Waals surface area contributed by atoms with E-state index < -0.39 is 0 Å². The third-order valence-corrected chi connectivity index (χ3v) is 2.46. The van der Waals surface area contributed by atoms with Crippen LogP contribution in [0.25, 0.3) is 0 Å². The van der Waals surface area contributed by atoms with Gasteiger partial charge in [0.1, 0.15) is 0 Å². The molecule has 3 heteroatoms. The summed E-state index contributed by atoms with van der Waals surface area (Å²) in [5, 5.41) is 0. The average Bonchev–Trinajstić information content (AvgIpc) is 2.33. The van der Waals surface area contributed by atoms with E-state index >= 15 is 0 Å². The van der Waals surface area contributed by atoms with Crippen LogP contribution in [0.15, 0.2) is 4.99 Å². The molecular formula is C10H21N3. The van der Waals surface area contributed by atoms with E-state index in [1.807, 2.05) is 0 Å². The average molecular weight is 183 g/mol. The maximum atomic E-state index is 5.91. The fourth-order valence-corrected chi connectivity index (χ4v) is 1.41. The van der Waals surface area contributed by atoms with Crippen molar-refractivity contribution in [1.29, 1.82) is 0 Å². The molecule has 0 radical (unpaired) electrons. The maximum absolute atomic E-state index is 5.91. The highest BCUT2D eigenvalue weighted by Crippen LogP contribution is 2.16. The Bertz CT molecular complexity index is 203. The van der Waals surface area contributed by atoms with E-state index in [-0.39, 0.29) is 5.41 Å². The molecule has 1 saturated heterocycles. The van der Waals surface area contributed by atoms with Crippen molar-refractivity contribution in [2.24, 2.45) is 16.1 Å². The first-order valence-electron chi connectivity index (χ1n) is 4.92. The van der Waals surface area contributed by atoms with Gasteiger partial charge >= 0.3 is 0 Å². The van der Waals surface area contributed by atoms with Crippen LogP contribution in [0.5, 0.6) is 0 Å². The van der Waals surface area contributed by atoms with E-state index in [1.54, 1.807) is 0 Å². The van der Waals surface area contributed by atoms with Crippen molar-refractivity contribution in [2.45, 2.75) is 33.2 Å². The SMILES string of the molecule is CN1CCC(N=C(N)C(C)(C)C)C1. The molecule has 0 aliphatic carbocycles. The molecule has 1 aliphatic heterocycles. The predicted molar refractivity (Wildman–Crippen MR) is 57.0 cm³/mol. The lowest BCUT2D eigenvalue weighted by Gasteiger charge is -2.19. The fourth-order valence-electron chi connectivity index (χ4n) is 1.41. The van der Waals surface area contributed by atoms with E-state index in [0.29, 0.717) is 6.04 Å². The lowest BCUT2D eigenvalue weighted by molar-refractivity contribution is 0.411. The zero-order valence-corrected chi connectivity index (χ0v) is 9.17. The Balaban J connectivity index is 2.56. The van der Waals surface area contributed by atoms with Gasteiger partial charge in [0.05, 0.1) is 11.9 Å². The summed E-state index contributed by atoms with van der Waals surface area (Å²) in [6.07, 6.45) is 1.15. The first-order chi connectivity index (χ1) is 5.89. The topological polar surface area (TPSA) is 41.6 Å². The van der Waals surface area contributed by atoms with Crippen LogP contribution in [-0.2, 0) is 0 Å². The molecule has 0 bridgehead atoms. The standard InChI is InChI=1S/C10H21N3/c1-10(2,3)9(11)12-8-5-6-13(4)7-8/h8H,5-7H2,1-4H3,(H2,11,12). The molecule has 1 unspecified atom stereocenters. The van der Waals surface area contributed by atoms with Gasteiger partial charge < -0.3 is 10.6 Å². The second-order valence-corrected chi connectivity index (χ2v) is 4.97. The second kappa shape index (κ2) is 3.66. The summed E-state index contributed by atoms with van der Waals surface area (Å²) in [7, 11) is 2.13. The van der Waals surface area contributed by atoms with Gasteiger partial charge in [0, 0.05) is 12.0 Å². The number of amidine groups is 1. The van der Waals surface area contributed by atoms with Crippen LogP contribution in [-0.4, -0.2) is 36.9 Å². The Hall–Kier alpha value is -0.570. The number of likely N-dealkylation sites (N-methyl/N-ethyl adjacent to an activating group) is 1. The predicted octanol–water partition coefficient (Wildman–Crippen LogP) is 1.09. The van der Waals surface area contributed by atoms with E-state index in [1.165, 1.54) is 0 Å². The number of rotatable bonds is 1. The molecule has 1 rings (SSSR count). The molecule has 0 aromatic carbocycles. The third-order valence-electron chi connectivity index (χ3n) is 2.46. The molecule has 0 aromatic heterocycles. The van der Waals surface area contributed by atoms with E-state index in [0.717, 1.165) is 25.3 Å². The van der Waals surface area contributed by atoms with Crippen molar-refractivity contribution in [2.75, 3.05) is 20.1 Å². The van der Waals surface area contributed by atoms with Gasteiger partial charge in [-0.15, -0.1) is 0 Å². The number of aliphatic imine (C=N–C) groups is 1. The highest BCUT2D eigenvalue weighted by molar-refractivity contribution is 5.85. The van der Waals surface area contributed by atoms with Crippen molar-refractivity contribution in [1.82, 2.24) is 4.90 Å². The van der Waals surface area contributed by atoms with Crippen LogP contribution in [0.2, 0.25) is 0 Å². The van der Waals surface area contributed by atoms with Crippen molar-refractivity contribution in [3.63, 3.8) is 0 Å². The normalized spacial score (nSPS) is 26.8. The molecule has 13 heavy (non-hydrogen) atoms. The summed E-state index contributed by atoms with van der Waals surface area (Å²) in [6.45, 7) is 8.50. The Morgan fingerprint density at radius 2 is 2.08 bits per heavy atom. The Morgan fingerprint density at radius 3 is 2.46 bits per heavy atom. The van der Waals surface area contributed by atoms with Crippen LogP contribution in [0, 0.1) is 5.41 Å². The molecule has 0 spiro atoms.